The number of aromatic nitrogens is 1. The van der Waals surface area contributed by atoms with Gasteiger partial charge in [0.1, 0.15) is 5.75 Å². The molecule has 0 bridgehead atoms. The van der Waals surface area contributed by atoms with Crippen LogP contribution < -0.4 is 0 Å². The third kappa shape index (κ3) is 1.64. The molecule has 1 N–H and O–H groups in total. The third-order valence-corrected chi connectivity index (χ3v) is 2.84. The first kappa shape index (κ1) is 9.85. The minimum absolute atomic E-state index is 0.293. The van der Waals surface area contributed by atoms with Crippen molar-refractivity contribution in [1.82, 2.24) is 4.98 Å². The highest BCUT2D eigenvalue weighted by molar-refractivity contribution is 5.92. The maximum atomic E-state index is 10.3. The van der Waals surface area contributed by atoms with Gasteiger partial charge < -0.3 is 5.11 Å². The molecule has 3 aromatic rings. The summed E-state index contributed by atoms with van der Waals surface area (Å²) >= 11 is 0. The average Bonchev–Trinajstić information content (AvgIpc) is 2.40. The molecule has 3 rings (SSSR count). The number of benzene rings is 2. The van der Waals surface area contributed by atoms with Crippen molar-refractivity contribution in [1.29, 1.82) is 0 Å². The smallest absolute Gasteiger partial charge is 0.132 e. The van der Waals surface area contributed by atoms with Crippen LogP contribution in [0.15, 0.2) is 60.8 Å². The van der Waals surface area contributed by atoms with Crippen LogP contribution in [-0.2, 0) is 0 Å². The van der Waals surface area contributed by atoms with E-state index >= 15 is 0 Å². The van der Waals surface area contributed by atoms with E-state index in [0.717, 1.165) is 22.0 Å². The van der Waals surface area contributed by atoms with Crippen molar-refractivity contribution in [3.05, 3.63) is 60.8 Å². The van der Waals surface area contributed by atoms with E-state index in [9.17, 15) is 5.11 Å². The van der Waals surface area contributed by atoms with Crippen molar-refractivity contribution in [3.8, 4) is 16.9 Å². The molecule has 0 atom stereocenters. The molecule has 2 heteroatoms. The number of fused-ring (bicyclic) bond motifs is 1. The Hall–Kier alpha value is -2.35. The lowest BCUT2D eigenvalue weighted by Crippen LogP contribution is -1.83. The molecule has 17 heavy (non-hydrogen) atoms. The Morgan fingerprint density at radius 3 is 2.47 bits per heavy atom. The van der Waals surface area contributed by atoms with Gasteiger partial charge in [-0.3, -0.25) is 4.98 Å². The lowest BCUT2D eigenvalue weighted by Gasteiger charge is -2.07. The zero-order valence-corrected chi connectivity index (χ0v) is 9.17. The number of phenols is 1. The quantitative estimate of drug-likeness (QED) is 0.681. The van der Waals surface area contributed by atoms with Gasteiger partial charge in [-0.2, -0.15) is 0 Å². The van der Waals surface area contributed by atoms with Crippen molar-refractivity contribution in [2.45, 2.75) is 0 Å². The van der Waals surface area contributed by atoms with Crippen molar-refractivity contribution < 1.29 is 5.11 Å². The zero-order valence-electron chi connectivity index (χ0n) is 9.17. The summed E-state index contributed by atoms with van der Waals surface area (Å²) < 4.78 is 0. The molecule has 0 aliphatic carbocycles. The van der Waals surface area contributed by atoms with Crippen molar-refractivity contribution in [3.63, 3.8) is 0 Å². The lowest BCUT2D eigenvalue weighted by molar-refractivity contribution is 0.483. The van der Waals surface area contributed by atoms with E-state index in [1.54, 1.807) is 6.20 Å². The number of pyridine rings is 1. The number of aromatic hydroxyl groups is 1. The average molecular weight is 221 g/mol. The second-order valence-corrected chi connectivity index (χ2v) is 3.90. The zero-order chi connectivity index (χ0) is 11.7. The maximum Gasteiger partial charge on any atom is 0.132 e. The third-order valence-electron chi connectivity index (χ3n) is 2.84. The second kappa shape index (κ2) is 3.91. The summed E-state index contributed by atoms with van der Waals surface area (Å²) in [6.45, 7) is 0. The Labute approximate surface area is 99.2 Å². The number of rotatable bonds is 1. The van der Waals surface area contributed by atoms with Crippen LogP contribution in [0.25, 0.3) is 22.0 Å². The van der Waals surface area contributed by atoms with Crippen LogP contribution in [0.1, 0.15) is 0 Å². The summed E-state index contributed by atoms with van der Waals surface area (Å²) in [6, 6.07) is 17.4. The minimum atomic E-state index is 0.293. The number of hydrogen-bond acceptors (Lipinski definition) is 2. The van der Waals surface area contributed by atoms with Crippen LogP contribution in [0.2, 0.25) is 0 Å². The fourth-order valence-electron chi connectivity index (χ4n) is 1.99. The van der Waals surface area contributed by atoms with Gasteiger partial charge >= 0.3 is 0 Å². The van der Waals surface area contributed by atoms with Gasteiger partial charge in [0.25, 0.3) is 0 Å². The SMILES string of the molecule is Oc1c(-c2ccccc2)ccc2ncccc12. The Bertz CT molecular complexity index is 662. The standard InChI is InChI=1S/C15H11NO/c17-15-12(11-5-2-1-3-6-11)8-9-14-13(15)7-4-10-16-14/h1-10,17H. The summed E-state index contributed by atoms with van der Waals surface area (Å²) in [7, 11) is 0. The number of phenolic OH excluding ortho intramolecular Hbond substituents is 1. The molecule has 0 radical (unpaired) electrons. The van der Waals surface area contributed by atoms with Crippen molar-refractivity contribution in [2.24, 2.45) is 0 Å². The van der Waals surface area contributed by atoms with Crippen LogP contribution in [-0.4, -0.2) is 10.1 Å². The lowest BCUT2D eigenvalue weighted by atomic mass is 10.0. The van der Waals surface area contributed by atoms with Gasteiger partial charge in [0.05, 0.1) is 5.52 Å². The Balaban J connectivity index is 2.29. The number of hydrogen-bond donors (Lipinski definition) is 1. The molecule has 1 aromatic heterocycles. The van der Waals surface area contributed by atoms with Gasteiger partial charge in [-0.1, -0.05) is 30.3 Å². The van der Waals surface area contributed by atoms with E-state index < -0.39 is 0 Å². The number of nitrogens with zero attached hydrogens (tertiary/aromatic N) is 1. The summed E-state index contributed by atoms with van der Waals surface area (Å²) in [5.74, 6) is 0.293. The summed E-state index contributed by atoms with van der Waals surface area (Å²) in [5.41, 5.74) is 2.66. The van der Waals surface area contributed by atoms with Crippen LogP contribution in [0.4, 0.5) is 0 Å². The summed E-state index contributed by atoms with van der Waals surface area (Å²) in [5, 5.41) is 11.0. The molecule has 0 aliphatic rings. The van der Waals surface area contributed by atoms with E-state index in [4.69, 9.17) is 0 Å². The van der Waals surface area contributed by atoms with E-state index in [1.807, 2.05) is 54.6 Å². The van der Waals surface area contributed by atoms with Gasteiger partial charge in [-0.15, -0.1) is 0 Å². The Morgan fingerprint density at radius 2 is 1.65 bits per heavy atom. The Morgan fingerprint density at radius 1 is 0.824 bits per heavy atom. The fraction of sp³-hybridized carbons (Fsp3) is 0. The van der Waals surface area contributed by atoms with E-state index in [-0.39, 0.29) is 0 Å². The first-order chi connectivity index (χ1) is 8.36. The molecular formula is C15H11NO. The molecular weight excluding hydrogens is 210 g/mol. The molecule has 0 spiro atoms. The van der Waals surface area contributed by atoms with E-state index in [2.05, 4.69) is 4.98 Å². The largest absolute Gasteiger partial charge is 0.507 e. The van der Waals surface area contributed by atoms with E-state index in [0.29, 0.717) is 5.75 Å². The molecule has 1 heterocycles. The molecule has 2 nitrogen and oxygen atoms in total. The van der Waals surface area contributed by atoms with Crippen LogP contribution in [0.5, 0.6) is 5.75 Å². The highest BCUT2D eigenvalue weighted by Gasteiger charge is 2.07. The van der Waals surface area contributed by atoms with Gasteiger partial charge in [0, 0.05) is 17.1 Å². The molecule has 82 valence electrons. The van der Waals surface area contributed by atoms with Crippen LogP contribution >= 0.6 is 0 Å². The van der Waals surface area contributed by atoms with Crippen molar-refractivity contribution in [2.75, 3.05) is 0 Å². The Kier molecular flexibility index (Phi) is 2.26. The predicted molar refractivity (Wildman–Crippen MR) is 68.8 cm³/mol. The first-order valence-electron chi connectivity index (χ1n) is 5.48. The molecule has 0 unspecified atom stereocenters. The topological polar surface area (TPSA) is 33.1 Å². The van der Waals surface area contributed by atoms with E-state index in [1.165, 1.54) is 0 Å². The van der Waals surface area contributed by atoms with Crippen molar-refractivity contribution >= 4 is 10.9 Å². The van der Waals surface area contributed by atoms with Crippen LogP contribution in [0, 0.1) is 0 Å². The molecule has 0 amide bonds. The van der Waals surface area contributed by atoms with Gasteiger partial charge in [0.2, 0.25) is 0 Å². The molecule has 0 saturated heterocycles. The predicted octanol–water partition coefficient (Wildman–Crippen LogP) is 3.61. The summed E-state index contributed by atoms with van der Waals surface area (Å²) in [4.78, 5) is 4.22. The maximum absolute atomic E-state index is 10.3. The fourth-order valence-corrected chi connectivity index (χ4v) is 1.99. The monoisotopic (exact) mass is 221 g/mol. The molecule has 0 saturated carbocycles. The minimum Gasteiger partial charge on any atom is -0.507 e. The highest BCUT2D eigenvalue weighted by Crippen LogP contribution is 2.34. The molecule has 0 fully saturated rings. The highest BCUT2D eigenvalue weighted by atomic mass is 16.3. The normalized spacial score (nSPS) is 10.6. The van der Waals surface area contributed by atoms with Crippen LogP contribution in [0.3, 0.4) is 0 Å². The molecule has 0 aliphatic heterocycles. The second-order valence-electron chi connectivity index (χ2n) is 3.90. The summed E-state index contributed by atoms with van der Waals surface area (Å²) in [6.07, 6.45) is 1.73. The first-order valence-corrected chi connectivity index (χ1v) is 5.48. The van der Waals surface area contributed by atoms with Gasteiger partial charge in [0.15, 0.2) is 0 Å². The molecule has 2 aromatic carbocycles. The van der Waals surface area contributed by atoms with Gasteiger partial charge in [-0.25, -0.2) is 0 Å². The van der Waals surface area contributed by atoms with Gasteiger partial charge in [-0.05, 0) is 29.8 Å².